The minimum atomic E-state index is -0.165. The highest BCUT2D eigenvalue weighted by atomic mass is 32.2. The van der Waals surface area contributed by atoms with Crippen LogP contribution < -0.4 is 0 Å². The van der Waals surface area contributed by atoms with Crippen LogP contribution in [0.1, 0.15) is 24.0 Å². The minimum Gasteiger partial charge on any atom is -0.342 e. The van der Waals surface area contributed by atoms with Gasteiger partial charge in [-0.15, -0.1) is 11.8 Å². The molecule has 4 rings (SSSR count). The van der Waals surface area contributed by atoms with Gasteiger partial charge >= 0.3 is 0 Å². The van der Waals surface area contributed by atoms with E-state index in [4.69, 9.17) is 0 Å². The van der Waals surface area contributed by atoms with Crippen molar-refractivity contribution in [2.45, 2.75) is 24.1 Å². The summed E-state index contributed by atoms with van der Waals surface area (Å²) in [5.74, 6) is 1.21. The van der Waals surface area contributed by atoms with E-state index in [1.807, 2.05) is 88.3 Å². The van der Waals surface area contributed by atoms with Crippen molar-refractivity contribution in [3.8, 4) is 0 Å². The van der Waals surface area contributed by atoms with E-state index in [0.29, 0.717) is 19.5 Å². The first-order chi connectivity index (χ1) is 14.2. The number of amides is 2. The Morgan fingerprint density at radius 1 is 0.931 bits per heavy atom. The Balaban J connectivity index is 1.37. The highest BCUT2D eigenvalue weighted by Gasteiger charge is 2.46. The van der Waals surface area contributed by atoms with Crippen LogP contribution in [0.5, 0.6) is 0 Å². The van der Waals surface area contributed by atoms with Crippen LogP contribution in [0, 0.1) is 0 Å². The summed E-state index contributed by atoms with van der Waals surface area (Å²) in [6.07, 6.45) is 5.70. The summed E-state index contributed by atoms with van der Waals surface area (Å²) in [6, 6.07) is 19.8. The number of hydrogen-bond acceptors (Lipinski definition) is 3. The summed E-state index contributed by atoms with van der Waals surface area (Å²) in [5, 5.41) is 0. The fourth-order valence-electron chi connectivity index (χ4n) is 4.14. The summed E-state index contributed by atoms with van der Waals surface area (Å²) in [5.41, 5.74) is 2.08. The van der Waals surface area contributed by atoms with Crippen LogP contribution in [-0.4, -0.2) is 51.9 Å². The number of thioether (sulfide) groups is 1. The number of likely N-dealkylation sites (tertiary alicyclic amines) is 1. The zero-order chi connectivity index (χ0) is 20.1. The van der Waals surface area contributed by atoms with Gasteiger partial charge in [0.25, 0.3) is 0 Å². The zero-order valence-electron chi connectivity index (χ0n) is 16.5. The van der Waals surface area contributed by atoms with Crippen LogP contribution in [0.15, 0.2) is 66.7 Å². The largest absolute Gasteiger partial charge is 0.342 e. The fraction of sp³-hybridized carbons (Fsp3) is 0.333. The first-order valence-corrected chi connectivity index (χ1v) is 11.2. The van der Waals surface area contributed by atoms with E-state index in [1.165, 1.54) is 0 Å². The lowest BCUT2D eigenvalue weighted by Gasteiger charge is -2.43. The molecular weight excluding hydrogens is 380 g/mol. The average molecular weight is 407 g/mol. The predicted octanol–water partition coefficient (Wildman–Crippen LogP) is 3.84. The van der Waals surface area contributed by atoms with E-state index in [-0.39, 0.29) is 16.7 Å². The Morgan fingerprint density at radius 2 is 1.59 bits per heavy atom. The molecule has 2 heterocycles. The smallest absolute Gasteiger partial charge is 0.247 e. The van der Waals surface area contributed by atoms with Crippen molar-refractivity contribution in [1.82, 2.24) is 9.80 Å². The first kappa shape index (κ1) is 19.8. The second-order valence-electron chi connectivity index (χ2n) is 7.57. The fourth-order valence-corrected chi connectivity index (χ4v) is 5.61. The van der Waals surface area contributed by atoms with Gasteiger partial charge in [-0.2, -0.15) is 0 Å². The van der Waals surface area contributed by atoms with Gasteiger partial charge in [0.1, 0.15) is 0 Å². The summed E-state index contributed by atoms with van der Waals surface area (Å²) >= 11 is 1.87. The minimum absolute atomic E-state index is 0.0721. The van der Waals surface area contributed by atoms with Crippen LogP contribution in [-0.2, 0) is 16.0 Å². The van der Waals surface area contributed by atoms with Gasteiger partial charge in [-0.3, -0.25) is 9.59 Å². The molecule has 0 radical (unpaired) electrons. The number of carbonyl (C=O) groups is 2. The maximum Gasteiger partial charge on any atom is 0.247 e. The van der Waals surface area contributed by atoms with Crippen LogP contribution >= 0.6 is 11.8 Å². The van der Waals surface area contributed by atoms with E-state index in [0.717, 1.165) is 36.3 Å². The third-order valence-corrected chi connectivity index (χ3v) is 7.31. The molecule has 0 unspecified atom stereocenters. The average Bonchev–Trinajstić information content (AvgIpc) is 3.17. The van der Waals surface area contributed by atoms with E-state index < -0.39 is 0 Å². The van der Waals surface area contributed by atoms with Crippen LogP contribution in [0.2, 0.25) is 0 Å². The molecule has 0 atom stereocenters. The molecule has 1 spiro atoms. The van der Waals surface area contributed by atoms with Crippen LogP contribution in [0.3, 0.4) is 0 Å². The van der Waals surface area contributed by atoms with Gasteiger partial charge in [-0.05, 0) is 30.0 Å². The number of rotatable bonds is 4. The lowest BCUT2D eigenvalue weighted by atomic mass is 10.0. The molecule has 0 saturated carbocycles. The molecule has 2 saturated heterocycles. The molecule has 29 heavy (non-hydrogen) atoms. The van der Waals surface area contributed by atoms with E-state index in [9.17, 15) is 9.59 Å². The summed E-state index contributed by atoms with van der Waals surface area (Å²) in [7, 11) is 0. The SMILES string of the molecule is O=C(Cc1ccccc1)N1CCC2(CC1)SCCN2C(=O)C=Cc1ccccc1. The molecule has 0 aromatic heterocycles. The van der Waals surface area contributed by atoms with Crippen molar-refractivity contribution in [1.29, 1.82) is 0 Å². The van der Waals surface area contributed by atoms with Gasteiger partial charge in [0.05, 0.1) is 11.3 Å². The first-order valence-electron chi connectivity index (χ1n) is 10.2. The Bertz CT molecular complexity index is 874. The molecule has 2 aromatic carbocycles. The Morgan fingerprint density at radius 3 is 2.28 bits per heavy atom. The zero-order valence-corrected chi connectivity index (χ0v) is 17.3. The molecule has 2 aliphatic heterocycles. The highest BCUT2D eigenvalue weighted by Crippen LogP contribution is 2.44. The summed E-state index contributed by atoms with van der Waals surface area (Å²) in [4.78, 5) is 29.4. The maximum absolute atomic E-state index is 12.9. The Kier molecular flexibility index (Phi) is 6.05. The topological polar surface area (TPSA) is 40.6 Å². The Hall–Kier alpha value is -2.53. The molecule has 0 N–H and O–H groups in total. The van der Waals surface area contributed by atoms with E-state index in [2.05, 4.69) is 0 Å². The standard InChI is InChI=1S/C24H26N2O2S/c27-22(12-11-20-7-3-1-4-8-20)26-17-18-29-24(26)13-15-25(16-14-24)23(28)19-21-9-5-2-6-10-21/h1-12H,13-19H2. The molecule has 2 aliphatic rings. The molecule has 4 nitrogen and oxygen atoms in total. The monoisotopic (exact) mass is 406 g/mol. The van der Waals surface area contributed by atoms with Crippen LogP contribution in [0.25, 0.3) is 6.08 Å². The third-order valence-electron chi connectivity index (χ3n) is 5.76. The van der Waals surface area contributed by atoms with Gasteiger partial charge in [-0.25, -0.2) is 0 Å². The lowest BCUT2D eigenvalue weighted by Crippen LogP contribution is -2.53. The lowest BCUT2D eigenvalue weighted by molar-refractivity contribution is -0.134. The summed E-state index contributed by atoms with van der Waals surface area (Å²) < 4.78 is 0. The van der Waals surface area contributed by atoms with E-state index >= 15 is 0 Å². The van der Waals surface area contributed by atoms with Gasteiger partial charge in [0.2, 0.25) is 11.8 Å². The van der Waals surface area contributed by atoms with Crippen molar-refractivity contribution in [2.75, 3.05) is 25.4 Å². The number of carbonyl (C=O) groups excluding carboxylic acids is 2. The molecule has 0 bridgehead atoms. The molecule has 2 fully saturated rings. The van der Waals surface area contributed by atoms with Gasteiger partial charge in [0, 0.05) is 31.5 Å². The molecule has 2 amide bonds. The second kappa shape index (κ2) is 8.87. The number of hydrogen-bond donors (Lipinski definition) is 0. The van der Waals surface area contributed by atoms with Gasteiger partial charge < -0.3 is 9.80 Å². The molecule has 0 aliphatic carbocycles. The van der Waals surface area contributed by atoms with Crippen molar-refractivity contribution < 1.29 is 9.59 Å². The third kappa shape index (κ3) is 4.56. The summed E-state index contributed by atoms with van der Waals surface area (Å²) in [6.45, 7) is 2.20. The molecule has 5 heteroatoms. The number of piperidine rings is 1. The van der Waals surface area contributed by atoms with Crippen molar-refractivity contribution in [3.05, 3.63) is 77.9 Å². The predicted molar refractivity (Wildman–Crippen MR) is 118 cm³/mol. The van der Waals surface area contributed by atoms with Crippen molar-refractivity contribution >= 4 is 29.7 Å². The van der Waals surface area contributed by atoms with Gasteiger partial charge in [-0.1, -0.05) is 60.7 Å². The van der Waals surface area contributed by atoms with Crippen molar-refractivity contribution in [3.63, 3.8) is 0 Å². The quantitative estimate of drug-likeness (QED) is 0.725. The normalized spacial score (nSPS) is 18.5. The number of nitrogens with zero attached hydrogens (tertiary/aromatic N) is 2. The number of benzene rings is 2. The van der Waals surface area contributed by atoms with Crippen molar-refractivity contribution in [2.24, 2.45) is 0 Å². The molecular formula is C24H26N2O2S. The maximum atomic E-state index is 12.9. The Labute approximate surface area is 176 Å². The highest BCUT2D eigenvalue weighted by molar-refractivity contribution is 8.00. The second-order valence-corrected chi connectivity index (χ2v) is 9.03. The molecule has 2 aromatic rings. The van der Waals surface area contributed by atoms with Gasteiger partial charge in [0.15, 0.2) is 0 Å². The van der Waals surface area contributed by atoms with E-state index in [1.54, 1.807) is 6.08 Å². The van der Waals surface area contributed by atoms with Crippen LogP contribution in [0.4, 0.5) is 0 Å². The molecule has 150 valence electrons.